The lowest BCUT2D eigenvalue weighted by atomic mass is 10.2. The van der Waals surface area contributed by atoms with E-state index < -0.39 is 4.92 Å². The molecular formula is C27H26BrN6O3+. The van der Waals surface area contributed by atoms with Crippen LogP contribution in [0.3, 0.4) is 0 Å². The molecule has 1 aromatic heterocycles. The summed E-state index contributed by atoms with van der Waals surface area (Å²) in [5.74, 6) is 0.396. The van der Waals surface area contributed by atoms with Gasteiger partial charge in [0.25, 0.3) is 5.69 Å². The van der Waals surface area contributed by atoms with Crippen LogP contribution in [0.15, 0.2) is 89.7 Å². The Kier molecular flexibility index (Phi) is 7.90. The molecule has 0 fully saturated rings. The molecule has 0 aliphatic heterocycles. The molecule has 3 aromatic carbocycles. The fourth-order valence-corrected chi connectivity index (χ4v) is 4.25. The summed E-state index contributed by atoms with van der Waals surface area (Å²) in [6.45, 7) is 1.28. The Morgan fingerprint density at radius 3 is 2.57 bits per heavy atom. The zero-order valence-corrected chi connectivity index (χ0v) is 22.0. The third-order valence-electron chi connectivity index (χ3n) is 5.62. The molecule has 10 heteroatoms. The Morgan fingerprint density at radius 2 is 1.84 bits per heavy atom. The first-order chi connectivity index (χ1) is 17.7. The van der Waals surface area contributed by atoms with Crippen molar-refractivity contribution in [2.24, 2.45) is 0 Å². The van der Waals surface area contributed by atoms with Crippen LogP contribution in [0.1, 0.15) is 5.56 Å². The molecule has 0 radical (unpaired) electrons. The summed E-state index contributed by atoms with van der Waals surface area (Å²) in [4.78, 5) is 31.7. The van der Waals surface area contributed by atoms with E-state index in [4.69, 9.17) is 0 Å². The molecule has 4 aromatic rings. The molecule has 2 N–H and O–H groups in total. The first-order valence-electron chi connectivity index (χ1n) is 11.5. The number of nitrogens with one attached hydrogen (secondary N) is 2. The standard InChI is InChI=1S/C27H25BrN6O3/c1-34(2,17-19-8-11-23(12-9-19)33(36)37)14-4-7-26(35)31-22-10-13-25-24(16-22)27(30-18-29-25)32-21-6-3-5-20(28)15-21/h3-13,15-16,18H,14,17H2,1-2H3,(H-,29,30,31,32,35)/p+1/b7-4+. The van der Waals surface area contributed by atoms with Crippen molar-refractivity contribution >= 4 is 55.6 Å². The van der Waals surface area contributed by atoms with Crippen molar-refractivity contribution in [3.05, 3.63) is 105 Å². The zero-order valence-electron chi connectivity index (χ0n) is 20.4. The van der Waals surface area contributed by atoms with Gasteiger partial charge in [-0.2, -0.15) is 0 Å². The topological polar surface area (TPSA) is 110 Å². The second-order valence-corrected chi connectivity index (χ2v) is 10.1. The number of halogens is 1. The van der Waals surface area contributed by atoms with Gasteiger partial charge in [-0.1, -0.05) is 22.0 Å². The summed E-state index contributed by atoms with van der Waals surface area (Å²) < 4.78 is 1.53. The van der Waals surface area contributed by atoms with Crippen LogP contribution in [0.2, 0.25) is 0 Å². The fourth-order valence-electron chi connectivity index (χ4n) is 3.85. The second kappa shape index (κ2) is 11.3. The van der Waals surface area contributed by atoms with E-state index in [0.29, 0.717) is 29.1 Å². The van der Waals surface area contributed by atoms with Gasteiger partial charge < -0.3 is 15.1 Å². The number of likely N-dealkylation sites (N-methyl/N-ethyl adjacent to an activating group) is 1. The third kappa shape index (κ3) is 7.18. The van der Waals surface area contributed by atoms with Gasteiger partial charge in [0.15, 0.2) is 0 Å². The smallest absolute Gasteiger partial charge is 0.269 e. The minimum Gasteiger partial charge on any atom is -0.340 e. The molecule has 1 heterocycles. The number of nitro benzene ring substituents is 1. The van der Waals surface area contributed by atoms with Crippen LogP contribution in [0, 0.1) is 10.1 Å². The van der Waals surface area contributed by atoms with E-state index in [2.05, 4.69) is 36.5 Å². The van der Waals surface area contributed by atoms with E-state index >= 15 is 0 Å². The Labute approximate surface area is 222 Å². The van der Waals surface area contributed by atoms with E-state index in [9.17, 15) is 14.9 Å². The second-order valence-electron chi connectivity index (χ2n) is 9.18. The van der Waals surface area contributed by atoms with Crippen LogP contribution in [-0.2, 0) is 11.3 Å². The Balaban J connectivity index is 1.39. The largest absolute Gasteiger partial charge is 0.340 e. The number of non-ortho nitro benzene ring substituents is 1. The number of aromatic nitrogens is 2. The van der Waals surface area contributed by atoms with Gasteiger partial charge in [-0.3, -0.25) is 14.9 Å². The third-order valence-corrected chi connectivity index (χ3v) is 6.11. The average Bonchev–Trinajstić information content (AvgIpc) is 2.84. The maximum absolute atomic E-state index is 12.6. The average molecular weight is 562 g/mol. The maximum atomic E-state index is 12.6. The maximum Gasteiger partial charge on any atom is 0.269 e. The van der Waals surface area contributed by atoms with Gasteiger partial charge in [0, 0.05) is 45.0 Å². The number of rotatable bonds is 9. The number of amides is 1. The van der Waals surface area contributed by atoms with Crippen molar-refractivity contribution in [3.63, 3.8) is 0 Å². The number of nitrogens with zero attached hydrogens (tertiary/aromatic N) is 4. The summed E-state index contributed by atoms with van der Waals surface area (Å²) >= 11 is 3.47. The molecule has 0 saturated heterocycles. The van der Waals surface area contributed by atoms with E-state index in [1.165, 1.54) is 24.5 Å². The van der Waals surface area contributed by atoms with Crippen LogP contribution in [0.5, 0.6) is 0 Å². The Morgan fingerprint density at radius 1 is 1.05 bits per heavy atom. The lowest BCUT2D eigenvalue weighted by Crippen LogP contribution is -2.38. The summed E-state index contributed by atoms with van der Waals surface area (Å²) in [5, 5.41) is 17.8. The first-order valence-corrected chi connectivity index (χ1v) is 12.3. The highest BCUT2D eigenvalue weighted by atomic mass is 79.9. The highest BCUT2D eigenvalue weighted by molar-refractivity contribution is 9.10. The number of benzene rings is 3. The van der Waals surface area contributed by atoms with E-state index in [1.54, 1.807) is 18.2 Å². The molecule has 9 nitrogen and oxygen atoms in total. The molecule has 188 valence electrons. The highest BCUT2D eigenvalue weighted by Gasteiger charge is 2.15. The van der Waals surface area contributed by atoms with Gasteiger partial charge in [-0.25, -0.2) is 9.97 Å². The number of quaternary nitrogens is 1. The fraction of sp³-hybridized carbons (Fsp3) is 0.148. The van der Waals surface area contributed by atoms with Crippen molar-refractivity contribution in [2.75, 3.05) is 31.3 Å². The van der Waals surface area contributed by atoms with Crippen LogP contribution < -0.4 is 10.6 Å². The van der Waals surface area contributed by atoms with Crippen molar-refractivity contribution in [2.45, 2.75) is 6.54 Å². The van der Waals surface area contributed by atoms with Crippen molar-refractivity contribution in [1.29, 1.82) is 0 Å². The normalized spacial score (nSPS) is 11.5. The Hall–Kier alpha value is -4.15. The first kappa shape index (κ1) is 25.9. The number of nitro groups is 1. The van der Waals surface area contributed by atoms with Gasteiger partial charge in [0.1, 0.15) is 18.7 Å². The molecule has 37 heavy (non-hydrogen) atoms. The highest BCUT2D eigenvalue weighted by Crippen LogP contribution is 2.27. The molecule has 1 amide bonds. The molecule has 0 spiro atoms. The number of carbonyl (C=O) groups is 1. The minimum atomic E-state index is -0.409. The number of hydrogen-bond donors (Lipinski definition) is 2. The molecular weight excluding hydrogens is 536 g/mol. The predicted molar refractivity (Wildman–Crippen MR) is 149 cm³/mol. The molecule has 0 atom stereocenters. The van der Waals surface area contributed by atoms with E-state index in [-0.39, 0.29) is 11.6 Å². The molecule has 0 bridgehead atoms. The number of fused-ring (bicyclic) bond motifs is 1. The van der Waals surface area contributed by atoms with Crippen LogP contribution in [0.4, 0.5) is 22.9 Å². The SMILES string of the molecule is C[N+](C)(C/C=C/C(=O)Nc1ccc2ncnc(Nc3cccc(Br)c3)c2c1)Cc1ccc([N+](=O)[O-])cc1. The summed E-state index contributed by atoms with van der Waals surface area (Å²) in [6.07, 6.45) is 4.84. The molecule has 0 aliphatic rings. The van der Waals surface area contributed by atoms with Crippen LogP contribution in [0.25, 0.3) is 10.9 Å². The summed E-state index contributed by atoms with van der Waals surface area (Å²) in [6, 6.07) is 19.8. The van der Waals surface area contributed by atoms with Gasteiger partial charge >= 0.3 is 0 Å². The summed E-state index contributed by atoms with van der Waals surface area (Å²) in [5.41, 5.74) is 3.32. The monoisotopic (exact) mass is 561 g/mol. The van der Waals surface area contributed by atoms with Gasteiger partial charge in [0.2, 0.25) is 5.91 Å². The van der Waals surface area contributed by atoms with Crippen molar-refractivity contribution in [1.82, 2.24) is 9.97 Å². The Bertz CT molecular complexity index is 1470. The van der Waals surface area contributed by atoms with Gasteiger partial charge in [-0.05, 0) is 54.6 Å². The van der Waals surface area contributed by atoms with Crippen molar-refractivity contribution in [3.8, 4) is 0 Å². The number of anilines is 3. The van der Waals surface area contributed by atoms with E-state index in [0.717, 1.165) is 26.6 Å². The quantitative estimate of drug-likeness (QED) is 0.115. The molecule has 4 rings (SSSR count). The lowest BCUT2D eigenvalue weighted by Gasteiger charge is -2.28. The number of carbonyl (C=O) groups excluding carboxylic acids is 1. The predicted octanol–water partition coefficient (Wildman–Crippen LogP) is 5.82. The van der Waals surface area contributed by atoms with Gasteiger partial charge in [-0.15, -0.1) is 0 Å². The molecule has 0 unspecified atom stereocenters. The zero-order chi connectivity index (χ0) is 26.4. The van der Waals surface area contributed by atoms with Crippen LogP contribution in [-0.4, -0.2) is 45.9 Å². The molecule has 0 saturated carbocycles. The summed E-state index contributed by atoms with van der Waals surface area (Å²) in [7, 11) is 4.07. The molecule has 0 aliphatic carbocycles. The van der Waals surface area contributed by atoms with Crippen LogP contribution >= 0.6 is 15.9 Å². The van der Waals surface area contributed by atoms with E-state index in [1.807, 2.05) is 56.6 Å². The minimum absolute atomic E-state index is 0.0712. The van der Waals surface area contributed by atoms with Gasteiger partial charge in [0.05, 0.1) is 31.1 Å². The van der Waals surface area contributed by atoms with Crippen molar-refractivity contribution < 1.29 is 14.2 Å². The lowest BCUT2D eigenvalue weighted by molar-refractivity contribution is -0.897. The number of hydrogen-bond acceptors (Lipinski definition) is 6.